The maximum absolute atomic E-state index is 12.6. The number of thioether (sulfide) groups is 1. The molecule has 5 nitrogen and oxygen atoms in total. The average molecular weight is 396 g/mol. The number of carbonyl (C=O) groups excluding carboxylic acids is 1. The summed E-state index contributed by atoms with van der Waals surface area (Å²) in [6.07, 6.45) is 3.87. The predicted octanol–water partition coefficient (Wildman–Crippen LogP) is 2.64. The van der Waals surface area contributed by atoms with Gasteiger partial charge in [0.25, 0.3) is 5.91 Å². The Bertz CT molecular complexity index is 843. The molecule has 3 rings (SSSR count). The molecule has 1 unspecified atom stereocenters. The Morgan fingerprint density at radius 1 is 1.36 bits per heavy atom. The molecular weight excluding hydrogens is 378 g/mol. The number of benzene rings is 1. The molecule has 1 aromatic rings. The Balaban J connectivity index is 1.75. The van der Waals surface area contributed by atoms with E-state index in [4.69, 9.17) is 17.0 Å². The molecule has 132 valence electrons. The van der Waals surface area contributed by atoms with Crippen LogP contribution in [0.5, 0.6) is 5.75 Å². The number of carbonyl (C=O) groups is 1. The van der Waals surface area contributed by atoms with Gasteiger partial charge in [-0.05, 0) is 30.2 Å². The van der Waals surface area contributed by atoms with Crippen molar-refractivity contribution in [3.05, 3.63) is 47.4 Å². The molecule has 8 heteroatoms. The van der Waals surface area contributed by atoms with Crippen LogP contribution in [0.4, 0.5) is 0 Å². The Labute approximate surface area is 156 Å². The van der Waals surface area contributed by atoms with Crippen molar-refractivity contribution < 1.29 is 17.9 Å². The van der Waals surface area contributed by atoms with Gasteiger partial charge in [0.15, 0.2) is 9.84 Å². The quantitative estimate of drug-likeness (QED) is 0.434. The second kappa shape index (κ2) is 7.31. The molecule has 2 heterocycles. The van der Waals surface area contributed by atoms with E-state index in [0.717, 1.165) is 11.3 Å². The highest BCUT2D eigenvalue weighted by atomic mass is 32.2. The molecule has 0 saturated carbocycles. The van der Waals surface area contributed by atoms with Crippen LogP contribution in [0, 0.1) is 0 Å². The fraction of sp³-hybridized carbons (Fsp3) is 0.294. The van der Waals surface area contributed by atoms with E-state index in [1.807, 2.05) is 24.3 Å². The highest BCUT2D eigenvalue weighted by Crippen LogP contribution is 2.36. The minimum absolute atomic E-state index is 0.0118. The summed E-state index contributed by atoms with van der Waals surface area (Å²) < 4.78 is 29.2. The van der Waals surface area contributed by atoms with Gasteiger partial charge in [-0.15, -0.1) is 0 Å². The Kier molecular flexibility index (Phi) is 5.31. The number of rotatable bonds is 5. The van der Waals surface area contributed by atoms with E-state index in [9.17, 15) is 13.2 Å². The molecule has 0 aliphatic carbocycles. The standard InChI is InChI=1S/C17H17NO4S3/c1-2-8-22-14-5-3-12(4-6-14)10-15-16(19)18(17(23)24-15)13-7-9-25(20,21)11-13/h2-6,10,13H,1,7-9,11H2/b15-10-. The first-order chi connectivity index (χ1) is 11.9. The van der Waals surface area contributed by atoms with Crippen LogP contribution in [0.3, 0.4) is 0 Å². The van der Waals surface area contributed by atoms with E-state index >= 15 is 0 Å². The number of thiocarbonyl (C=S) groups is 1. The Morgan fingerprint density at radius 3 is 2.68 bits per heavy atom. The van der Waals surface area contributed by atoms with Gasteiger partial charge in [-0.3, -0.25) is 9.69 Å². The van der Waals surface area contributed by atoms with Crippen molar-refractivity contribution in [2.24, 2.45) is 0 Å². The highest BCUT2D eigenvalue weighted by Gasteiger charge is 2.42. The zero-order valence-corrected chi connectivity index (χ0v) is 15.8. The SMILES string of the molecule is C=CCOc1ccc(/C=C2\SC(=S)N(C3CCS(=O)(=O)C3)C2=O)cc1. The lowest BCUT2D eigenvalue weighted by atomic mass is 10.2. The summed E-state index contributed by atoms with van der Waals surface area (Å²) in [6.45, 7) is 4.03. The van der Waals surface area contributed by atoms with Gasteiger partial charge < -0.3 is 4.74 Å². The van der Waals surface area contributed by atoms with Crippen molar-refractivity contribution in [2.45, 2.75) is 12.5 Å². The van der Waals surface area contributed by atoms with Crippen molar-refractivity contribution in [3.8, 4) is 5.75 Å². The molecule has 0 N–H and O–H groups in total. The fourth-order valence-corrected chi connectivity index (χ4v) is 5.84. The molecule has 0 bridgehead atoms. The number of ether oxygens (including phenoxy) is 1. The monoisotopic (exact) mass is 395 g/mol. The van der Waals surface area contributed by atoms with Crippen molar-refractivity contribution >= 4 is 50.1 Å². The third kappa shape index (κ3) is 4.13. The Hall–Kier alpha value is -1.64. The molecule has 2 aliphatic heterocycles. The van der Waals surface area contributed by atoms with E-state index in [2.05, 4.69) is 6.58 Å². The molecule has 25 heavy (non-hydrogen) atoms. The fourth-order valence-electron chi connectivity index (χ4n) is 2.74. The van der Waals surface area contributed by atoms with Gasteiger partial charge in [-0.25, -0.2) is 8.42 Å². The zero-order chi connectivity index (χ0) is 18.0. The molecule has 1 atom stereocenters. The van der Waals surface area contributed by atoms with Crippen LogP contribution in [-0.2, 0) is 14.6 Å². The minimum atomic E-state index is -3.07. The molecule has 2 saturated heterocycles. The highest BCUT2D eigenvalue weighted by molar-refractivity contribution is 8.26. The maximum atomic E-state index is 12.6. The van der Waals surface area contributed by atoms with E-state index in [1.54, 1.807) is 12.2 Å². The molecule has 1 amide bonds. The normalized spacial score (nSPS) is 24.1. The lowest BCUT2D eigenvalue weighted by Crippen LogP contribution is -2.39. The molecule has 2 fully saturated rings. The van der Waals surface area contributed by atoms with Crippen LogP contribution < -0.4 is 4.74 Å². The minimum Gasteiger partial charge on any atom is -0.490 e. The summed E-state index contributed by atoms with van der Waals surface area (Å²) in [7, 11) is -3.07. The summed E-state index contributed by atoms with van der Waals surface area (Å²) in [5, 5.41) is 0. The summed E-state index contributed by atoms with van der Waals surface area (Å²) in [6, 6.07) is 6.99. The van der Waals surface area contributed by atoms with Crippen LogP contribution >= 0.6 is 24.0 Å². The molecule has 2 aliphatic rings. The predicted molar refractivity (Wildman–Crippen MR) is 104 cm³/mol. The second-order valence-electron chi connectivity index (χ2n) is 5.78. The van der Waals surface area contributed by atoms with Gasteiger partial charge in [-0.2, -0.15) is 0 Å². The average Bonchev–Trinajstić information content (AvgIpc) is 3.05. The van der Waals surface area contributed by atoms with Crippen LogP contribution in [0.1, 0.15) is 12.0 Å². The summed E-state index contributed by atoms with van der Waals surface area (Å²) in [5.74, 6) is 0.604. The summed E-state index contributed by atoms with van der Waals surface area (Å²) in [5.41, 5.74) is 0.852. The lowest BCUT2D eigenvalue weighted by molar-refractivity contribution is -0.123. The number of hydrogen-bond donors (Lipinski definition) is 0. The van der Waals surface area contributed by atoms with E-state index in [-0.39, 0.29) is 23.5 Å². The molecule has 1 aromatic carbocycles. The Morgan fingerprint density at radius 2 is 2.08 bits per heavy atom. The van der Waals surface area contributed by atoms with Gasteiger partial charge in [0, 0.05) is 0 Å². The van der Waals surface area contributed by atoms with Gasteiger partial charge in [-0.1, -0.05) is 48.8 Å². The number of hydrogen-bond acceptors (Lipinski definition) is 6. The molecule has 0 spiro atoms. The molecular formula is C17H17NO4S3. The summed E-state index contributed by atoms with van der Waals surface area (Å²) in [4.78, 5) is 14.6. The van der Waals surface area contributed by atoms with E-state index in [1.165, 1.54) is 16.7 Å². The van der Waals surface area contributed by atoms with Crippen LogP contribution in [-0.4, -0.2) is 47.7 Å². The van der Waals surface area contributed by atoms with E-state index < -0.39 is 9.84 Å². The number of sulfone groups is 1. The largest absolute Gasteiger partial charge is 0.490 e. The zero-order valence-electron chi connectivity index (χ0n) is 13.4. The second-order valence-corrected chi connectivity index (χ2v) is 9.68. The van der Waals surface area contributed by atoms with Gasteiger partial charge in [0.1, 0.15) is 16.7 Å². The lowest BCUT2D eigenvalue weighted by Gasteiger charge is -2.20. The third-order valence-corrected chi connectivity index (χ3v) is 7.02. The molecule has 0 aromatic heterocycles. The van der Waals surface area contributed by atoms with Crippen molar-refractivity contribution in [2.75, 3.05) is 18.1 Å². The summed E-state index contributed by atoms with van der Waals surface area (Å²) >= 11 is 6.51. The maximum Gasteiger partial charge on any atom is 0.266 e. The first kappa shape index (κ1) is 18.2. The van der Waals surface area contributed by atoms with Crippen molar-refractivity contribution in [1.82, 2.24) is 4.90 Å². The van der Waals surface area contributed by atoms with Crippen molar-refractivity contribution in [1.29, 1.82) is 0 Å². The number of nitrogens with zero attached hydrogens (tertiary/aromatic N) is 1. The van der Waals surface area contributed by atoms with Gasteiger partial charge in [0.2, 0.25) is 0 Å². The first-order valence-electron chi connectivity index (χ1n) is 7.71. The van der Waals surface area contributed by atoms with Gasteiger partial charge >= 0.3 is 0 Å². The topological polar surface area (TPSA) is 63.7 Å². The van der Waals surface area contributed by atoms with E-state index in [0.29, 0.717) is 22.3 Å². The van der Waals surface area contributed by atoms with Crippen LogP contribution in [0.2, 0.25) is 0 Å². The first-order valence-corrected chi connectivity index (χ1v) is 10.8. The third-order valence-electron chi connectivity index (χ3n) is 3.94. The number of amides is 1. The molecule has 0 radical (unpaired) electrons. The van der Waals surface area contributed by atoms with Crippen LogP contribution in [0.25, 0.3) is 6.08 Å². The van der Waals surface area contributed by atoms with Crippen LogP contribution in [0.15, 0.2) is 41.8 Å². The van der Waals surface area contributed by atoms with Gasteiger partial charge in [0.05, 0.1) is 22.5 Å². The van der Waals surface area contributed by atoms with Crippen molar-refractivity contribution in [3.63, 3.8) is 0 Å². The smallest absolute Gasteiger partial charge is 0.266 e.